The second-order valence-corrected chi connectivity index (χ2v) is 8.99. The lowest BCUT2D eigenvalue weighted by Crippen LogP contribution is -2.32. The molecule has 1 fully saturated rings. The van der Waals surface area contributed by atoms with Gasteiger partial charge in [0.2, 0.25) is 0 Å². The first-order valence-corrected chi connectivity index (χ1v) is 9.88. The number of nitrogens with one attached hydrogen (secondary N) is 1. The first kappa shape index (κ1) is 19.3. The third kappa shape index (κ3) is 2.80. The van der Waals surface area contributed by atoms with E-state index in [9.17, 15) is 0 Å². The molecular formula is C20H21Cl4N. The molecule has 0 saturated carbocycles. The van der Waals surface area contributed by atoms with Crippen molar-refractivity contribution in [3.05, 3.63) is 67.6 Å². The van der Waals surface area contributed by atoms with Crippen LogP contribution in [-0.2, 0) is 11.1 Å². The lowest BCUT2D eigenvalue weighted by Gasteiger charge is -2.31. The van der Waals surface area contributed by atoms with E-state index in [2.05, 4.69) is 33.0 Å². The van der Waals surface area contributed by atoms with Crippen LogP contribution in [0.1, 0.15) is 38.8 Å². The minimum Gasteiger partial charge on any atom is -0.294 e. The number of rotatable bonds is 4. The smallest absolute Gasteiger partial charge is 0.0710 e. The van der Waals surface area contributed by atoms with Gasteiger partial charge in [0.25, 0.3) is 0 Å². The molecule has 0 bridgehead atoms. The first-order chi connectivity index (χ1) is 11.7. The van der Waals surface area contributed by atoms with Crippen LogP contribution in [0.15, 0.2) is 36.4 Å². The molecule has 1 aliphatic rings. The second kappa shape index (κ2) is 6.62. The highest BCUT2D eigenvalue weighted by Gasteiger charge is 2.72. The predicted molar refractivity (Wildman–Crippen MR) is 109 cm³/mol. The molecule has 0 aromatic heterocycles. The van der Waals surface area contributed by atoms with Gasteiger partial charge in [-0.25, -0.2) is 0 Å². The van der Waals surface area contributed by atoms with Crippen molar-refractivity contribution < 1.29 is 0 Å². The van der Waals surface area contributed by atoms with Crippen LogP contribution < -0.4 is 5.32 Å². The van der Waals surface area contributed by atoms with Gasteiger partial charge in [0.05, 0.1) is 11.1 Å². The Morgan fingerprint density at radius 1 is 0.680 bits per heavy atom. The standard InChI is InChI=1S/C20H21Cl4N/c1-11(2)19(15-7-5-13(21)9-17(15)23)20(25-19,12(3)4)16-8-6-14(22)10-18(16)24/h5-12,25H,1-4H3. The molecule has 0 radical (unpaired) electrons. The third-order valence-corrected chi connectivity index (χ3v) is 6.49. The van der Waals surface area contributed by atoms with Gasteiger partial charge in [0.15, 0.2) is 0 Å². The summed E-state index contributed by atoms with van der Waals surface area (Å²) < 4.78 is 0. The molecule has 0 spiro atoms. The van der Waals surface area contributed by atoms with Gasteiger partial charge < -0.3 is 0 Å². The number of hydrogen-bond donors (Lipinski definition) is 1. The summed E-state index contributed by atoms with van der Waals surface area (Å²) in [6.45, 7) is 8.80. The normalized spacial score (nSPS) is 25.7. The van der Waals surface area contributed by atoms with Gasteiger partial charge in [-0.15, -0.1) is 0 Å². The molecule has 2 aromatic carbocycles. The first-order valence-electron chi connectivity index (χ1n) is 8.37. The van der Waals surface area contributed by atoms with E-state index in [4.69, 9.17) is 46.4 Å². The summed E-state index contributed by atoms with van der Waals surface area (Å²) >= 11 is 25.4. The molecule has 2 unspecified atom stereocenters. The number of benzene rings is 2. The average molecular weight is 417 g/mol. The summed E-state index contributed by atoms with van der Waals surface area (Å²) in [5.41, 5.74) is 1.46. The number of halogens is 4. The summed E-state index contributed by atoms with van der Waals surface area (Å²) in [5.74, 6) is 0.584. The van der Waals surface area contributed by atoms with Crippen molar-refractivity contribution in [3.8, 4) is 0 Å². The van der Waals surface area contributed by atoms with Gasteiger partial charge in [-0.2, -0.15) is 0 Å². The van der Waals surface area contributed by atoms with Crippen LogP contribution in [0.5, 0.6) is 0 Å². The van der Waals surface area contributed by atoms with E-state index in [0.717, 1.165) is 11.1 Å². The van der Waals surface area contributed by atoms with Crippen LogP contribution in [0, 0.1) is 11.8 Å². The predicted octanol–water partition coefficient (Wildman–Crippen LogP) is 7.31. The highest BCUT2D eigenvalue weighted by Crippen LogP contribution is 2.64. The van der Waals surface area contributed by atoms with Crippen molar-refractivity contribution >= 4 is 46.4 Å². The van der Waals surface area contributed by atoms with Crippen LogP contribution in [0.2, 0.25) is 20.1 Å². The minimum absolute atomic E-state index is 0.292. The van der Waals surface area contributed by atoms with Gasteiger partial charge in [0, 0.05) is 20.1 Å². The van der Waals surface area contributed by atoms with Crippen molar-refractivity contribution in [1.82, 2.24) is 5.32 Å². The lowest BCUT2D eigenvalue weighted by atomic mass is 9.70. The quantitative estimate of drug-likeness (QED) is 0.518. The summed E-state index contributed by atoms with van der Waals surface area (Å²) in [4.78, 5) is 0. The molecule has 1 aliphatic heterocycles. The number of hydrogen-bond acceptors (Lipinski definition) is 1. The molecule has 0 amide bonds. The van der Waals surface area contributed by atoms with E-state index >= 15 is 0 Å². The van der Waals surface area contributed by atoms with E-state index in [-0.39, 0.29) is 11.1 Å². The molecule has 5 heteroatoms. The van der Waals surface area contributed by atoms with E-state index in [1.54, 1.807) is 12.1 Å². The zero-order valence-electron chi connectivity index (χ0n) is 14.6. The maximum atomic E-state index is 6.60. The molecule has 2 aromatic rings. The fourth-order valence-electron chi connectivity index (χ4n) is 4.28. The Balaban J connectivity index is 2.25. The van der Waals surface area contributed by atoms with E-state index in [0.29, 0.717) is 31.9 Å². The van der Waals surface area contributed by atoms with Crippen molar-refractivity contribution in [2.75, 3.05) is 0 Å². The van der Waals surface area contributed by atoms with Crippen LogP contribution in [0.3, 0.4) is 0 Å². The fraction of sp³-hybridized carbons (Fsp3) is 0.400. The topological polar surface area (TPSA) is 21.9 Å². The molecular weight excluding hydrogens is 396 g/mol. The van der Waals surface area contributed by atoms with Crippen LogP contribution in [-0.4, -0.2) is 0 Å². The molecule has 2 atom stereocenters. The van der Waals surface area contributed by atoms with Gasteiger partial charge in [-0.1, -0.05) is 86.2 Å². The van der Waals surface area contributed by atoms with Crippen molar-refractivity contribution in [2.45, 2.75) is 38.8 Å². The molecule has 0 aliphatic carbocycles. The monoisotopic (exact) mass is 415 g/mol. The van der Waals surface area contributed by atoms with E-state index < -0.39 is 0 Å². The third-order valence-electron chi connectivity index (χ3n) is 5.40. The largest absolute Gasteiger partial charge is 0.294 e. The highest BCUT2D eigenvalue weighted by atomic mass is 35.5. The molecule has 1 heterocycles. The average Bonchev–Trinajstić information content (AvgIpc) is 3.19. The van der Waals surface area contributed by atoms with Crippen LogP contribution >= 0.6 is 46.4 Å². The summed E-state index contributed by atoms with van der Waals surface area (Å²) in [6.07, 6.45) is 0. The summed E-state index contributed by atoms with van der Waals surface area (Å²) in [7, 11) is 0. The van der Waals surface area contributed by atoms with Crippen molar-refractivity contribution in [1.29, 1.82) is 0 Å². The maximum absolute atomic E-state index is 6.60. The molecule has 3 rings (SSSR count). The van der Waals surface area contributed by atoms with E-state index in [1.807, 2.05) is 24.3 Å². The molecule has 134 valence electrons. The van der Waals surface area contributed by atoms with E-state index in [1.165, 1.54) is 0 Å². The summed E-state index contributed by atoms with van der Waals surface area (Å²) in [6, 6.07) is 11.4. The summed E-state index contributed by atoms with van der Waals surface area (Å²) in [5, 5.41) is 6.39. The molecule has 25 heavy (non-hydrogen) atoms. The zero-order chi connectivity index (χ0) is 18.6. The Hall–Kier alpha value is -0.440. The Morgan fingerprint density at radius 3 is 1.32 bits per heavy atom. The SMILES string of the molecule is CC(C)C1(c2ccc(Cl)cc2Cl)NC1(c1ccc(Cl)cc1Cl)C(C)C. The maximum Gasteiger partial charge on any atom is 0.0710 e. The Kier molecular flexibility index (Phi) is 5.12. The molecule has 1 N–H and O–H groups in total. The van der Waals surface area contributed by atoms with Crippen molar-refractivity contribution in [2.24, 2.45) is 11.8 Å². The molecule has 1 nitrogen and oxygen atoms in total. The Morgan fingerprint density at radius 2 is 1.04 bits per heavy atom. The van der Waals surface area contributed by atoms with Crippen molar-refractivity contribution in [3.63, 3.8) is 0 Å². The van der Waals surface area contributed by atoms with Gasteiger partial charge >= 0.3 is 0 Å². The Bertz CT molecular complexity index is 750. The molecule has 1 saturated heterocycles. The minimum atomic E-state index is -0.319. The second-order valence-electron chi connectivity index (χ2n) is 7.30. The fourth-order valence-corrected chi connectivity index (χ4v) is 5.39. The Labute approximate surface area is 169 Å². The highest BCUT2D eigenvalue weighted by molar-refractivity contribution is 6.36. The van der Waals surface area contributed by atoms with Gasteiger partial charge in [-0.3, -0.25) is 5.32 Å². The van der Waals surface area contributed by atoms with Crippen LogP contribution in [0.4, 0.5) is 0 Å². The zero-order valence-corrected chi connectivity index (χ0v) is 17.7. The lowest BCUT2D eigenvalue weighted by molar-refractivity contribution is 0.345. The van der Waals surface area contributed by atoms with Crippen LogP contribution in [0.25, 0.3) is 0 Å². The van der Waals surface area contributed by atoms with Gasteiger partial charge in [0.1, 0.15) is 0 Å². The van der Waals surface area contributed by atoms with Gasteiger partial charge in [-0.05, 0) is 47.2 Å².